The lowest BCUT2D eigenvalue weighted by Crippen LogP contribution is -2.13. The number of nitrogens with two attached hydrogens (primary N) is 1. The number of hydrogen-bond donors (Lipinski definition) is 1. The normalized spacial score (nSPS) is 10.7. The molecule has 0 radical (unpaired) electrons. The topological polar surface area (TPSA) is 82.0 Å². The van der Waals surface area contributed by atoms with Crippen molar-refractivity contribution in [1.29, 1.82) is 0 Å². The van der Waals surface area contributed by atoms with E-state index in [0.29, 0.717) is 17.3 Å². The summed E-state index contributed by atoms with van der Waals surface area (Å²) in [5, 5.41) is 3.93. The summed E-state index contributed by atoms with van der Waals surface area (Å²) in [5.41, 5.74) is 10.8. The fourth-order valence-electron chi connectivity index (χ4n) is 2.73. The minimum absolute atomic E-state index is 0.430. The van der Waals surface area contributed by atoms with Gasteiger partial charge in [0.2, 0.25) is 17.6 Å². The van der Waals surface area contributed by atoms with Crippen LogP contribution < -0.4 is 5.73 Å². The van der Waals surface area contributed by atoms with Crippen LogP contribution in [-0.2, 0) is 0 Å². The zero-order chi connectivity index (χ0) is 16.6. The first-order valence-corrected chi connectivity index (χ1v) is 7.28. The first kappa shape index (κ1) is 15.0. The molecule has 0 aliphatic rings. The van der Waals surface area contributed by atoms with E-state index in [4.69, 9.17) is 10.3 Å². The molecule has 2 aromatic carbocycles. The van der Waals surface area contributed by atoms with Gasteiger partial charge in [-0.1, -0.05) is 29.4 Å². The molecule has 0 aliphatic heterocycles. The molecule has 0 bridgehead atoms. The van der Waals surface area contributed by atoms with Crippen LogP contribution in [0.5, 0.6) is 0 Å². The number of amides is 1. The van der Waals surface area contributed by atoms with Gasteiger partial charge < -0.3 is 10.3 Å². The smallest absolute Gasteiger partial charge is 0.249 e. The molecule has 23 heavy (non-hydrogen) atoms. The molecule has 0 spiro atoms. The number of carbonyl (C=O) groups excluding carboxylic acids is 1. The Morgan fingerprint density at radius 3 is 2.48 bits per heavy atom. The Morgan fingerprint density at radius 1 is 1.09 bits per heavy atom. The predicted molar refractivity (Wildman–Crippen MR) is 87.9 cm³/mol. The van der Waals surface area contributed by atoms with Gasteiger partial charge in [-0.2, -0.15) is 4.98 Å². The maximum Gasteiger partial charge on any atom is 0.249 e. The van der Waals surface area contributed by atoms with E-state index in [1.54, 1.807) is 13.0 Å². The van der Waals surface area contributed by atoms with Gasteiger partial charge in [-0.25, -0.2) is 0 Å². The Hall–Kier alpha value is -2.95. The van der Waals surface area contributed by atoms with Crippen LogP contribution in [0, 0.1) is 20.8 Å². The summed E-state index contributed by atoms with van der Waals surface area (Å²) in [4.78, 5) is 16.0. The fraction of sp³-hybridized carbons (Fsp3) is 0.167. The zero-order valence-electron chi connectivity index (χ0n) is 13.3. The van der Waals surface area contributed by atoms with E-state index in [2.05, 4.69) is 10.1 Å². The van der Waals surface area contributed by atoms with Crippen LogP contribution in [-0.4, -0.2) is 16.0 Å². The van der Waals surface area contributed by atoms with Gasteiger partial charge in [0.1, 0.15) is 0 Å². The number of benzene rings is 2. The average Bonchev–Trinajstić information content (AvgIpc) is 2.94. The quantitative estimate of drug-likeness (QED) is 0.803. The Labute approximate surface area is 134 Å². The molecule has 0 fully saturated rings. The van der Waals surface area contributed by atoms with Crippen LogP contribution in [0.1, 0.15) is 27.4 Å². The number of aromatic nitrogens is 2. The van der Waals surface area contributed by atoms with E-state index >= 15 is 0 Å². The SMILES string of the molecule is Cc1nc(-c2ccc(-c3c(C)cccc3C(N)=O)c(C)c2)no1. The minimum Gasteiger partial charge on any atom is -0.366 e. The molecule has 116 valence electrons. The molecule has 5 heteroatoms. The minimum atomic E-state index is -0.430. The monoisotopic (exact) mass is 307 g/mol. The summed E-state index contributed by atoms with van der Waals surface area (Å²) >= 11 is 0. The van der Waals surface area contributed by atoms with E-state index in [9.17, 15) is 4.79 Å². The summed E-state index contributed by atoms with van der Waals surface area (Å²) in [6.07, 6.45) is 0. The van der Waals surface area contributed by atoms with Crippen molar-refractivity contribution in [1.82, 2.24) is 10.1 Å². The summed E-state index contributed by atoms with van der Waals surface area (Å²) < 4.78 is 5.02. The molecule has 0 saturated carbocycles. The first-order valence-electron chi connectivity index (χ1n) is 7.28. The molecule has 1 heterocycles. The highest BCUT2D eigenvalue weighted by Gasteiger charge is 2.15. The summed E-state index contributed by atoms with van der Waals surface area (Å²) in [6.45, 7) is 5.71. The van der Waals surface area contributed by atoms with Crippen molar-refractivity contribution in [3.63, 3.8) is 0 Å². The Balaban J connectivity index is 2.14. The van der Waals surface area contributed by atoms with E-state index in [1.807, 2.05) is 44.2 Å². The highest BCUT2D eigenvalue weighted by atomic mass is 16.5. The molecule has 0 aliphatic carbocycles. The standard InChI is InChI=1S/C18H17N3O2/c1-10-5-4-6-15(17(19)22)16(10)14-8-7-13(9-11(14)2)18-20-12(3)23-21-18/h4-9H,1-3H3,(H2,19,22). The molecule has 5 nitrogen and oxygen atoms in total. The molecular formula is C18H17N3O2. The van der Waals surface area contributed by atoms with Gasteiger partial charge in [0, 0.05) is 18.1 Å². The molecular weight excluding hydrogens is 290 g/mol. The maximum absolute atomic E-state index is 11.7. The number of hydrogen-bond acceptors (Lipinski definition) is 4. The van der Waals surface area contributed by atoms with Gasteiger partial charge in [-0.3, -0.25) is 4.79 Å². The predicted octanol–water partition coefficient (Wildman–Crippen LogP) is 3.43. The van der Waals surface area contributed by atoms with Crippen molar-refractivity contribution < 1.29 is 9.32 Å². The van der Waals surface area contributed by atoms with Crippen molar-refractivity contribution in [3.8, 4) is 22.5 Å². The second kappa shape index (κ2) is 5.68. The van der Waals surface area contributed by atoms with E-state index in [1.165, 1.54) is 0 Å². The van der Waals surface area contributed by atoms with Gasteiger partial charge in [0.25, 0.3) is 0 Å². The van der Waals surface area contributed by atoms with Crippen molar-refractivity contribution in [2.75, 3.05) is 0 Å². The van der Waals surface area contributed by atoms with E-state index < -0.39 is 5.91 Å². The van der Waals surface area contributed by atoms with Crippen LogP contribution >= 0.6 is 0 Å². The molecule has 1 amide bonds. The molecule has 0 saturated heterocycles. The molecule has 0 atom stereocenters. The van der Waals surface area contributed by atoms with E-state index in [-0.39, 0.29) is 0 Å². The second-order valence-electron chi connectivity index (χ2n) is 5.53. The molecule has 0 unspecified atom stereocenters. The zero-order valence-corrected chi connectivity index (χ0v) is 13.3. The Kier molecular flexibility index (Phi) is 3.70. The maximum atomic E-state index is 11.7. The van der Waals surface area contributed by atoms with Crippen LogP contribution in [0.2, 0.25) is 0 Å². The lowest BCUT2D eigenvalue weighted by Gasteiger charge is -2.13. The largest absolute Gasteiger partial charge is 0.366 e. The van der Waals surface area contributed by atoms with Crippen LogP contribution in [0.4, 0.5) is 0 Å². The van der Waals surface area contributed by atoms with Crippen molar-refractivity contribution in [2.45, 2.75) is 20.8 Å². The third-order valence-electron chi connectivity index (χ3n) is 3.82. The number of rotatable bonds is 3. The third-order valence-corrected chi connectivity index (χ3v) is 3.82. The number of aryl methyl sites for hydroxylation is 3. The fourth-order valence-corrected chi connectivity index (χ4v) is 2.73. The Bertz CT molecular complexity index is 897. The van der Waals surface area contributed by atoms with Gasteiger partial charge in [0.15, 0.2) is 0 Å². The van der Waals surface area contributed by atoms with E-state index in [0.717, 1.165) is 27.8 Å². The van der Waals surface area contributed by atoms with Crippen LogP contribution in [0.3, 0.4) is 0 Å². The van der Waals surface area contributed by atoms with Crippen LogP contribution in [0.15, 0.2) is 40.9 Å². The molecule has 2 N–H and O–H groups in total. The van der Waals surface area contributed by atoms with Gasteiger partial charge in [0.05, 0.1) is 0 Å². The molecule has 3 rings (SSSR count). The van der Waals surface area contributed by atoms with Gasteiger partial charge >= 0.3 is 0 Å². The first-order chi connectivity index (χ1) is 11.0. The number of carbonyl (C=O) groups is 1. The Morgan fingerprint density at radius 2 is 1.87 bits per heavy atom. The summed E-state index contributed by atoms with van der Waals surface area (Å²) in [7, 11) is 0. The van der Waals surface area contributed by atoms with Crippen molar-refractivity contribution in [3.05, 3.63) is 59.0 Å². The molecule has 1 aromatic heterocycles. The van der Waals surface area contributed by atoms with Crippen molar-refractivity contribution in [2.24, 2.45) is 5.73 Å². The van der Waals surface area contributed by atoms with Crippen LogP contribution in [0.25, 0.3) is 22.5 Å². The number of nitrogens with zero attached hydrogens (tertiary/aromatic N) is 2. The van der Waals surface area contributed by atoms with Gasteiger partial charge in [-0.05, 0) is 48.2 Å². The second-order valence-corrected chi connectivity index (χ2v) is 5.53. The van der Waals surface area contributed by atoms with Crippen molar-refractivity contribution >= 4 is 5.91 Å². The summed E-state index contributed by atoms with van der Waals surface area (Å²) in [5.74, 6) is 0.648. The highest BCUT2D eigenvalue weighted by Crippen LogP contribution is 2.32. The number of primary amides is 1. The average molecular weight is 307 g/mol. The molecule has 3 aromatic rings. The lowest BCUT2D eigenvalue weighted by molar-refractivity contribution is 0.100. The van der Waals surface area contributed by atoms with Gasteiger partial charge in [-0.15, -0.1) is 0 Å². The highest BCUT2D eigenvalue weighted by molar-refractivity contribution is 6.01. The summed E-state index contributed by atoms with van der Waals surface area (Å²) in [6, 6.07) is 11.4. The third kappa shape index (κ3) is 2.73. The lowest BCUT2D eigenvalue weighted by atomic mass is 9.91.